The first-order valence-corrected chi connectivity index (χ1v) is 13.0. The van der Waals surface area contributed by atoms with Crippen molar-refractivity contribution < 1.29 is 9.53 Å². The lowest BCUT2D eigenvalue weighted by Gasteiger charge is -2.36. The molecule has 1 aromatic heterocycles. The maximum atomic E-state index is 12.5. The van der Waals surface area contributed by atoms with E-state index in [2.05, 4.69) is 26.2 Å². The lowest BCUT2D eigenvalue weighted by molar-refractivity contribution is -0.120. The molecule has 0 bridgehead atoms. The van der Waals surface area contributed by atoms with E-state index >= 15 is 0 Å². The van der Waals surface area contributed by atoms with Crippen LogP contribution in [0.1, 0.15) is 12.1 Å². The van der Waals surface area contributed by atoms with Gasteiger partial charge in [-0.3, -0.25) is 9.69 Å². The summed E-state index contributed by atoms with van der Waals surface area (Å²) in [5.41, 5.74) is 2.85. The molecule has 9 heteroatoms. The lowest BCUT2D eigenvalue weighted by atomic mass is 10.2. The molecule has 4 rings (SSSR count). The number of H-pyrrole nitrogens is 1. The number of amides is 1. The number of carbonyl (C=O) groups is 1. The van der Waals surface area contributed by atoms with Crippen LogP contribution in [0.25, 0.3) is 17.0 Å². The molecule has 1 fully saturated rings. The van der Waals surface area contributed by atoms with Gasteiger partial charge in [-0.05, 0) is 55.4 Å². The number of piperazine rings is 1. The average molecular weight is 548 g/mol. The predicted octanol–water partition coefficient (Wildman–Crippen LogP) is 6.00. The molecule has 0 radical (unpaired) electrons. The zero-order valence-corrected chi connectivity index (χ0v) is 22.3. The molecule has 36 heavy (non-hydrogen) atoms. The van der Waals surface area contributed by atoms with Gasteiger partial charge in [0, 0.05) is 49.3 Å². The number of methoxy groups -OCH3 is 1. The number of nitrogens with zero attached hydrogens (tertiary/aromatic N) is 2. The van der Waals surface area contributed by atoms with Gasteiger partial charge in [-0.15, -0.1) is 0 Å². The highest BCUT2D eigenvalue weighted by molar-refractivity contribution is 6.42. The molecule has 6 nitrogen and oxygen atoms in total. The molecule has 3 aromatic rings. The third kappa shape index (κ3) is 6.77. The summed E-state index contributed by atoms with van der Waals surface area (Å²) >= 11 is 18.5. The molecule has 1 aliphatic heterocycles. The number of aromatic amines is 1. The van der Waals surface area contributed by atoms with Gasteiger partial charge in [0.2, 0.25) is 0 Å². The molecule has 2 aromatic carbocycles. The van der Waals surface area contributed by atoms with Crippen molar-refractivity contribution in [3.63, 3.8) is 0 Å². The van der Waals surface area contributed by atoms with Crippen molar-refractivity contribution in [1.29, 1.82) is 0 Å². The Hall–Kier alpha value is -2.64. The number of anilines is 1. The minimum Gasteiger partial charge on any atom is -0.491 e. The predicted molar refractivity (Wildman–Crippen MR) is 150 cm³/mol. The third-order valence-electron chi connectivity index (χ3n) is 6.15. The van der Waals surface area contributed by atoms with Crippen molar-refractivity contribution in [3.05, 3.63) is 81.1 Å². The first-order chi connectivity index (χ1) is 17.4. The maximum absolute atomic E-state index is 12.5. The number of hydrogen-bond acceptors (Lipinski definition) is 4. The SMILES string of the molecule is COC(=CC=Cc1cc2cc(Cl)c(Cl)cc2[nH]1)C(=O)NCCCN1CCN(c2ccccc2Cl)CC1. The Balaban J connectivity index is 1.20. The van der Waals surface area contributed by atoms with Crippen molar-refractivity contribution in [1.82, 2.24) is 15.2 Å². The van der Waals surface area contributed by atoms with E-state index in [-0.39, 0.29) is 11.7 Å². The molecular weight excluding hydrogens is 519 g/mol. The standard InChI is InChI=1S/C27H29Cl3N4O2/c1-36-26(9-4-6-20-16-19-17-22(29)23(30)18-24(19)32-20)27(35)31-10-5-11-33-12-14-34(15-13-33)25-8-3-2-7-21(25)28/h2-4,6-9,16-18,32H,5,10-15H2,1H3,(H,31,35). The summed E-state index contributed by atoms with van der Waals surface area (Å²) < 4.78 is 5.28. The average Bonchev–Trinajstić information content (AvgIpc) is 3.26. The van der Waals surface area contributed by atoms with E-state index in [9.17, 15) is 4.79 Å². The van der Waals surface area contributed by atoms with Gasteiger partial charge in [-0.25, -0.2) is 0 Å². The van der Waals surface area contributed by atoms with E-state index < -0.39 is 0 Å². The van der Waals surface area contributed by atoms with Crippen molar-refractivity contribution in [2.45, 2.75) is 6.42 Å². The van der Waals surface area contributed by atoms with Crippen molar-refractivity contribution in [2.75, 3.05) is 51.3 Å². The zero-order chi connectivity index (χ0) is 25.5. The van der Waals surface area contributed by atoms with Crippen LogP contribution < -0.4 is 10.2 Å². The van der Waals surface area contributed by atoms with Crippen LogP contribution in [0.4, 0.5) is 5.69 Å². The van der Waals surface area contributed by atoms with Crippen molar-refractivity contribution >= 4 is 63.4 Å². The van der Waals surface area contributed by atoms with Gasteiger partial charge in [0.15, 0.2) is 5.76 Å². The molecule has 0 unspecified atom stereocenters. The summed E-state index contributed by atoms with van der Waals surface area (Å²) in [5.74, 6) is 0.0164. The summed E-state index contributed by atoms with van der Waals surface area (Å²) in [6.45, 7) is 5.33. The highest BCUT2D eigenvalue weighted by Gasteiger charge is 2.18. The van der Waals surface area contributed by atoms with E-state index in [0.29, 0.717) is 16.6 Å². The van der Waals surface area contributed by atoms with E-state index in [1.807, 2.05) is 36.4 Å². The van der Waals surface area contributed by atoms with Crippen LogP contribution in [0, 0.1) is 0 Å². The minimum atomic E-state index is -0.235. The van der Waals surface area contributed by atoms with Crippen LogP contribution in [0.5, 0.6) is 0 Å². The van der Waals surface area contributed by atoms with Gasteiger partial charge in [0.05, 0.1) is 27.9 Å². The Bertz CT molecular complexity index is 1220. The number of carbonyl (C=O) groups excluding carboxylic acids is 1. The van der Waals surface area contributed by atoms with Gasteiger partial charge >= 0.3 is 0 Å². The summed E-state index contributed by atoms with van der Waals surface area (Å²) in [6, 6.07) is 13.5. The molecule has 2 N–H and O–H groups in total. The molecule has 1 aliphatic rings. The van der Waals surface area contributed by atoms with E-state index in [0.717, 1.165) is 66.5 Å². The first kappa shape index (κ1) is 26.4. The summed E-state index contributed by atoms with van der Waals surface area (Å²) in [7, 11) is 1.49. The number of halogens is 3. The van der Waals surface area contributed by atoms with Gasteiger partial charge < -0.3 is 19.9 Å². The van der Waals surface area contributed by atoms with Crippen LogP contribution in [-0.2, 0) is 9.53 Å². The Labute approximate surface area is 226 Å². The van der Waals surface area contributed by atoms with Crippen LogP contribution in [0.15, 0.2) is 60.4 Å². The molecule has 0 atom stereocenters. The Kier molecular flexibility index (Phi) is 9.21. The summed E-state index contributed by atoms with van der Waals surface area (Å²) in [6.07, 6.45) is 6.14. The number of rotatable bonds is 9. The number of hydrogen-bond donors (Lipinski definition) is 2. The van der Waals surface area contributed by atoms with Gasteiger partial charge in [-0.1, -0.05) is 53.0 Å². The van der Waals surface area contributed by atoms with E-state index in [1.54, 1.807) is 18.2 Å². The number of allylic oxidation sites excluding steroid dienone is 2. The largest absolute Gasteiger partial charge is 0.491 e. The molecule has 0 spiro atoms. The number of benzene rings is 2. The van der Waals surface area contributed by atoms with Crippen LogP contribution >= 0.6 is 34.8 Å². The lowest BCUT2D eigenvalue weighted by Crippen LogP contribution is -2.47. The number of para-hydroxylation sites is 1. The fourth-order valence-corrected chi connectivity index (χ4v) is 4.82. The number of ether oxygens (including phenoxy) is 1. The summed E-state index contributed by atoms with van der Waals surface area (Å²) in [5, 5.41) is 5.70. The first-order valence-electron chi connectivity index (χ1n) is 11.8. The van der Waals surface area contributed by atoms with E-state index in [1.165, 1.54) is 7.11 Å². The van der Waals surface area contributed by atoms with Crippen molar-refractivity contribution in [3.8, 4) is 0 Å². The molecule has 190 valence electrons. The Morgan fingerprint density at radius 2 is 1.81 bits per heavy atom. The van der Waals surface area contributed by atoms with Crippen LogP contribution in [0.3, 0.4) is 0 Å². The monoisotopic (exact) mass is 546 g/mol. The Morgan fingerprint density at radius 3 is 2.56 bits per heavy atom. The number of fused-ring (bicyclic) bond motifs is 1. The van der Waals surface area contributed by atoms with E-state index in [4.69, 9.17) is 39.5 Å². The normalized spacial score (nSPS) is 15.1. The maximum Gasteiger partial charge on any atom is 0.286 e. The third-order valence-corrected chi connectivity index (χ3v) is 7.19. The van der Waals surface area contributed by atoms with Crippen molar-refractivity contribution in [2.24, 2.45) is 0 Å². The minimum absolute atomic E-state index is 0.235. The fraction of sp³-hybridized carbons (Fsp3) is 0.296. The van der Waals surface area contributed by atoms with Gasteiger partial charge in [0.25, 0.3) is 5.91 Å². The second kappa shape index (κ2) is 12.5. The quantitative estimate of drug-likeness (QED) is 0.149. The van der Waals surface area contributed by atoms with Crippen LogP contribution in [-0.4, -0.2) is 62.2 Å². The molecule has 1 amide bonds. The van der Waals surface area contributed by atoms with Crippen LogP contribution in [0.2, 0.25) is 15.1 Å². The fourth-order valence-electron chi connectivity index (χ4n) is 4.23. The molecular formula is C27H29Cl3N4O2. The molecule has 0 saturated carbocycles. The molecule has 0 aliphatic carbocycles. The number of nitrogens with one attached hydrogen (secondary N) is 2. The Morgan fingerprint density at radius 1 is 1.06 bits per heavy atom. The summed E-state index contributed by atoms with van der Waals surface area (Å²) in [4.78, 5) is 20.5. The number of aromatic nitrogens is 1. The highest BCUT2D eigenvalue weighted by Crippen LogP contribution is 2.28. The highest BCUT2D eigenvalue weighted by atomic mass is 35.5. The second-order valence-electron chi connectivity index (χ2n) is 8.56. The molecule has 2 heterocycles. The zero-order valence-electron chi connectivity index (χ0n) is 20.1. The topological polar surface area (TPSA) is 60.6 Å². The smallest absolute Gasteiger partial charge is 0.286 e. The van der Waals surface area contributed by atoms with Gasteiger partial charge in [0.1, 0.15) is 0 Å². The van der Waals surface area contributed by atoms with Gasteiger partial charge in [-0.2, -0.15) is 0 Å². The molecule has 1 saturated heterocycles. The second-order valence-corrected chi connectivity index (χ2v) is 9.78.